The third kappa shape index (κ3) is 4.22. The molecule has 0 saturated carbocycles. The molecule has 1 aromatic heterocycles. The number of nitrogens with zero attached hydrogens (tertiary/aromatic N) is 2. The Kier molecular flexibility index (Phi) is 6.31. The van der Waals surface area contributed by atoms with Crippen LogP contribution in [-0.2, 0) is 4.74 Å². The highest BCUT2D eigenvalue weighted by molar-refractivity contribution is 7.18. The van der Waals surface area contributed by atoms with Crippen molar-refractivity contribution >= 4 is 28.2 Å². The lowest BCUT2D eigenvalue weighted by Gasteiger charge is -2.17. The number of ether oxygens (including phenoxy) is 1. The van der Waals surface area contributed by atoms with Gasteiger partial charge in [-0.3, -0.25) is 4.79 Å². The summed E-state index contributed by atoms with van der Waals surface area (Å²) >= 11 is 1.26. The van der Waals surface area contributed by atoms with Crippen LogP contribution in [0.1, 0.15) is 16.6 Å². The van der Waals surface area contributed by atoms with E-state index in [0.717, 1.165) is 0 Å². The minimum atomic E-state index is -0.114. The largest absolute Gasteiger partial charge is 0.383 e. The molecule has 0 bridgehead atoms. The Morgan fingerprint density at radius 3 is 3.00 bits per heavy atom. The van der Waals surface area contributed by atoms with Crippen LogP contribution in [0.4, 0.5) is 10.9 Å². The molecule has 0 aliphatic heterocycles. The van der Waals surface area contributed by atoms with E-state index < -0.39 is 0 Å². The van der Waals surface area contributed by atoms with Crippen LogP contribution < -0.4 is 11.1 Å². The van der Waals surface area contributed by atoms with Crippen molar-refractivity contribution < 1.29 is 9.53 Å². The van der Waals surface area contributed by atoms with Crippen LogP contribution in [-0.4, -0.2) is 49.1 Å². The Labute approximate surface area is 117 Å². The molecule has 0 fully saturated rings. The maximum atomic E-state index is 12.2. The summed E-state index contributed by atoms with van der Waals surface area (Å²) < 4.78 is 4.93. The number of carbonyl (C=O) groups is 1. The quantitative estimate of drug-likeness (QED) is 0.557. The summed E-state index contributed by atoms with van der Waals surface area (Å²) in [6.07, 6.45) is 1.69. The summed E-state index contributed by atoms with van der Waals surface area (Å²) in [5.41, 5.74) is 5.79. The normalized spacial score (nSPS) is 10.2. The van der Waals surface area contributed by atoms with Crippen molar-refractivity contribution in [1.29, 1.82) is 0 Å². The van der Waals surface area contributed by atoms with Gasteiger partial charge in [-0.2, -0.15) is 0 Å². The number of methoxy groups -OCH3 is 1. The minimum absolute atomic E-state index is 0.114. The van der Waals surface area contributed by atoms with E-state index >= 15 is 0 Å². The van der Waals surface area contributed by atoms with Crippen LogP contribution in [0, 0.1) is 0 Å². The van der Waals surface area contributed by atoms with E-state index in [-0.39, 0.29) is 11.7 Å². The Morgan fingerprint density at radius 2 is 2.42 bits per heavy atom. The number of anilines is 2. The van der Waals surface area contributed by atoms with Gasteiger partial charge < -0.3 is 20.7 Å². The molecule has 0 radical (unpaired) electrons. The van der Waals surface area contributed by atoms with Gasteiger partial charge in [0.05, 0.1) is 6.61 Å². The van der Waals surface area contributed by atoms with Gasteiger partial charge >= 0.3 is 0 Å². The fraction of sp³-hybridized carbons (Fsp3) is 0.500. The highest BCUT2D eigenvalue weighted by atomic mass is 32.1. The zero-order valence-electron chi connectivity index (χ0n) is 11.3. The first kappa shape index (κ1) is 15.5. The zero-order valence-corrected chi connectivity index (χ0v) is 12.1. The lowest BCUT2D eigenvalue weighted by Crippen LogP contribution is -2.30. The average Bonchev–Trinajstić information content (AvgIpc) is 2.77. The van der Waals surface area contributed by atoms with E-state index in [4.69, 9.17) is 10.5 Å². The molecule has 1 aromatic rings. The number of carbonyl (C=O) groups excluding carboxylic acids is 1. The number of nitrogen functional groups attached to an aromatic ring is 1. The number of thiazole rings is 1. The van der Waals surface area contributed by atoms with E-state index in [1.807, 2.05) is 6.92 Å². The van der Waals surface area contributed by atoms with Crippen LogP contribution in [0.15, 0.2) is 12.7 Å². The Morgan fingerprint density at radius 1 is 1.68 bits per heavy atom. The summed E-state index contributed by atoms with van der Waals surface area (Å²) in [5.74, 6) is 0.148. The van der Waals surface area contributed by atoms with Crippen molar-refractivity contribution in [1.82, 2.24) is 9.88 Å². The van der Waals surface area contributed by atoms with Gasteiger partial charge in [0.2, 0.25) is 0 Å². The van der Waals surface area contributed by atoms with Crippen molar-refractivity contribution in [2.24, 2.45) is 0 Å². The Balaban J connectivity index is 2.76. The second-order valence-electron chi connectivity index (χ2n) is 3.79. The van der Waals surface area contributed by atoms with Gasteiger partial charge in [-0.15, -0.1) is 6.58 Å². The van der Waals surface area contributed by atoms with Crippen molar-refractivity contribution in [3.8, 4) is 0 Å². The number of amides is 1. The smallest absolute Gasteiger partial charge is 0.268 e. The molecule has 3 N–H and O–H groups in total. The molecular weight excluding hydrogens is 264 g/mol. The predicted molar refractivity (Wildman–Crippen MR) is 78.7 cm³/mol. The molecule has 1 heterocycles. The molecule has 0 aliphatic carbocycles. The summed E-state index contributed by atoms with van der Waals surface area (Å²) in [5, 5.41) is 3.69. The van der Waals surface area contributed by atoms with Gasteiger partial charge in [0.25, 0.3) is 5.91 Å². The SMILES string of the molecule is C=CCN(CC)C(=O)c1sc(NCCOC)nc1N. The molecule has 106 valence electrons. The molecule has 1 rings (SSSR count). The third-order valence-electron chi connectivity index (χ3n) is 2.45. The maximum absolute atomic E-state index is 12.2. The fourth-order valence-electron chi connectivity index (χ4n) is 1.48. The van der Waals surface area contributed by atoms with Gasteiger partial charge in [0.1, 0.15) is 10.7 Å². The fourth-order valence-corrected chi connectivity index (χ4v) is 2.35. The summed E-state index contributed by atoms with van der Waals surface area (Å²) in [4.78, 5) is 18.5. The number of nitrogens with two attached hydrogens (primary N) is 1. The number of hydrogen-bond donors (Lipinski definition) is 2. The lowest BCUT2D eigenvalue weighted by molar-refractivity contribution is 0.0787. The van der Waals surface area contributed by atoms with Crippen LogP contribution in [0.3, 0.4) is 0 Å². The van der Waals surface area contributed by atoms with E-state index in [2.05, 4.69) is 16.9 Å². The molecule has 6 nitrogen and oxygen atoms in total. The molecule has 0 saturated heterocycles. The monoisotopic (exact) mass is 284 g/mol. The molecule has 0 aromatic carbocycles. The molecule has 0 spiro atoms. The number of likely N-dealkylation sites (N-methyl/N-ethyl adjacent to an activating group) is 1. The number of rotatable bonds is 8. The third-order valence-corrected chi connectivity index (χ3v) is 3.47. The summed E-state index contributed by atoms with van der Waals surface area (Å²) in [6, 6.07) is 0. The topological polar surface area (TPSA) is 80.5 Å². The Hall–Kier alpha value is -1.60. The van der Waals surface area contributed by atoms with Gasteiger partial charge in [-0.25, -0.2) is 4.98 Å². The molecule has 0 unspecified atom stereocenters. The van der Waals surface area contributed by atoms with Crippen molar-refractivity contribution in [2.45, 2.75) is 6.92 Å². The first-order valence-corrected chi connectivity index (χ1v) is 6.84. The minimum Gasteiger partial charge on any atom is -0.383 e. The average molecular weight is 284 g/mol. The second-order valence-corrected chi connectivity index (χ2v) is 4.78. The zero-order chi connectivity index (χ0) is 14.3. The highest BCUT2D eigenvalue weighted by Gasteiger charge is 2.20. The van der Waals surface area contributed by atoms with E-state index in [0.29, 0.717) is 36.2 Å². The lowest BCUT2D eigenvalue weighted by atomic mass is 10.4. The Bertz CT molecular complexity index is 433. The molecular formula is C12H20N4O2S. The van der Waals surface area contributed by atoms with Crippen molar-refractivity contribution in [3.63, 3.8) is 0 Å². The van der Waals surface area contributed by atoms with E-state index in [9.17, 15) is 4.79 Å². The molecule has 0 aliphatic rings. The summed E-state index contributed by atoms with van der Waals surface area (Å²) in [6.45, 7) is 7.85. The maximum Gasteiger partial charge on any atom is 0.268 e. The standard InChI is InChI=1S/C12H20N4O2S/c1-4-7-16(5-2)11(17)9-10(13)15-12(19-9)14-6-8-18-3/h4H,1,5-8,13H2,2-3H3,(H,14,15). The number of hydrogen-bond acceptors (Lipinski definition) is 6. The van der Waals surface area contributed by atoms with Crippen molar-refractivity contribution in [2.75, 3.05) is 44.4 Å². The number of aromatic nitrogens is 1. The number of nitrogens with one attached hydrogen (secondary N) is 1. The van der Waals surface area contributed by atoms with Crippen LogP contribution in [0.5, 0.6) is 0 Å². The highest BCUT2D eigenvalue weighted by Crippen LogP contribution is 2.26. The molecule has 1 amide bonds. The van der Waals surface area contributed by atoms with Crippen LogP contribution in [0.2, 0.25) is 0 Å². The molecule has 7 heteroatoms. The second kappa shape index (κ2) is 7.75. The van der Waals surface area contributed by atoms with Crippen LogP contribution >= 0.6 is 11.3 Å². The van der Waals surface area contributed by atoms with Gasteiger partial charge in [-0.05, 0) is 6.92 Å². The van der Waals surface area contributed by atoms with E-state index in [1.165, 1.54) is 11.3 Å². The van der Waals surface area contributed by atoms with E-state index in [1.54, 1.807) is 18.1 Å². The first-order valence-electron chi connectivity index (χ1n) is 6.03. The summed E-state index contributed by atoms with van der Waals surface area (Å²) in [7, 11) is 1.63. The molecule has 0 atom stereocenters. The predicted octanol–water partition coefficient (Wildman–Crippen LogP) is 1.43. The van der Waals surface area contributed by atoms with Gasteiger partial charge in [0, 0.05) is 26.7 Å². The van der Waals surface area contributed by atoms with Crippen molar-refractivity contribution in [3.05, 3.63) is 17.5 Å². The van der Waals surface area contributed by atoms with Gasteiger partial charge in [0.15, 0.2) is 5.13 Å². The molecule has 19 heavy (non-hydrogen) atoms. The van der Waals surface area contributed by atoms with Crippen LogP contribution in [0.25, 0.3) is 0 Å². The van der Waals surface area contributed by atoms with Gasteiger partial charge in [-0.1, -0.05) is 17.4 Å². The first-order chi connectivity index (χ1) is 9.13.